The zero-order chi connectivity index (χ0) is 25.6. The lowest BCUT2D eigenvalue weighted by Crippen LogP contribution is -2.35. The first-order valence-electron chi connectivity index (χ1n) is 15.1. The van der Waals surface area contributed by atoms with Gasteiger partial charge in [0.2, 0.25) is 0 Å². The fourth-order valence-electron chi connectivity index (χ4n) is 5.11. The number of hydrogen-bond acceptors (Lipinski definition) is 4. The summed E-state index contributed by atoms with van der Waals surface area (Å²) < 4.78 is 6.76. The van der Waals surface area contributed by atoms with Gasteiger partial charge in [0.15, 0.2) is 5.05 Å². The maximum atomic E-state index is 10.4. The average Bonchev–Trinajstić information content (AvgIpc) is 2.86. The molecule has 0 atom stereocenters. The summed E-state index contributed by atoms with van der Waals surface area (Å²) in [4.78, 5) is 0. The van der Waals surface area contributed by atoms with Crippen molar-refractivity contribution >= 4 is 17.3 Å². The van der Waals surface area contributed by atoms with E-state index in [4.69, 9.17) is 17.0 Å². The van der Waals surface area contributed by atoms with E-state index in [-0.39, 0.29) is 17.5 Å². The number of phenols is 1. The van der Waals surface area contributed by atoms with E-state index in [0.717, 1.165) is 19.3 Å². The van der Waals surface area contributed by atoms with Gasteiger partial charge in [-0.2, -0.15) is 0 Å². The van der Waals surface area contributed by atoms with E-state index >= 15 is 0 Å². The van der Waals surface area contributed by atoms with Crippen LogP contribution >= 0.6 is 12.2 Å². The molecule has 0 aliphatic rings. The molecule has 0 spiro atoms. The van der Waals surface area contributed by atoms with Crippen molar-refractivity contribution in [1.29, 1.82) is 0 Å². The van der Waals surface area contributed by atoms with Crippen LogP contribution in [0.4, 0.5) is 0 Å². The monoisotopic (exact) mass is 521 g/mol. The highest BCUT2D eigenvalue weighted by molar-refractivity contribution is 7.80. The SMILES string of the molecule is CCCCCCCCC(CCCCCCCC)(CCCCCCCC)OC(=S)c1ccccc1O.N. The Kier molecular flexibility index (Phi) is 22.3. The van der Waals surface area contributed by atoms with Gasteiger partial charge in [0.25, 0.3) is 0 Å². The summed E-state index contributed by atoms with van der Waals surface area (Å²) in [5.41, 5.74) is 0.473. The molecule has 0 radical (unpaired) electrons. The van der Waals surface area contributed by atoms with Gasteiger partial charge in [0, 0.05) is 0 Å². The van der Waals surface area contributed by atoms with Crippen molar-refractivity contribution in [2.45, 2.75) is 161 Å². The number of benzene rings is 1. The average molecular weight is 522 g/mol. The van der Waals surface area contributed by atoms with Crippen LogP contribution in [0.15, 0.2) is 24.3 Å². The molecule has 0 fully saturated rings. The van der Waals surface area contributed by atoms with E-state index in [1.54, 1.807) is 6.07 Å². The number of aromatic hydroxyl groups is 1. The van der Waals surface area contributed by atoms with Crippen LogP contribution in [0.25, 0.3) is 0 Å². The van der Waals surface area contributed by atoms with Gasteiger partial charge >= 0.3 is 0 Å². The number of hydrogen-bond donors (Lipinski definition) is 2. The van der Waals surface area contributed by atoms with Gasteiger partial charge in [0.1, 0.15) is 11.4 Å². The molecule has 210 valence electrons. The third-order valence-electron chi connectivity index (χ3n) is 7.39. The Bertz CT molecular complexity index is 608. The van der Waals surface area contributed by atoms with Gasteiger partial charge in [-0.3, -0.25) is 0 Å². The molecule has 4 N–H and O–H groups in total. The van der Waals surface area contributed by atoms with Crippen LogP contribution in [-0.2, 0) is 4.74 Å². The lowest BCUT2D eigenvalue weighted by molar-refractivity contribution is 0.0251. The van der Waals surface area contributed by atoms with Crippen LogP contribution in [0.1, 0.15) is 161 Å². The van der Waals surface area contributed by atoms with Crippen molar-refractivity contribution in [3.63, 3.8) is 0 Å². The predicted octanol–water partition coefficient (Wildman–Crippen LogP) is 11.2. The van der Waals surface area contributed by atoms with Gasteiger partial charge in [-0.25, -0.2) is 0 Å². The molecule has 3 nitrogen and oxygen atoms in total. The third-order valence-corrected chi connectivity index (χ3v) is 7.69. The molecular formula is C32H59NO2S. The molecule has 1 aromatic rings. The summed E-state index contributed by atoms with van der Waals surface area (Å²) in [6.07, 6.45) is 26.6. The molecule has 0 saturated carbocycles. The Morgan fingerprint density at radius 1 is 0.639 bits per heavy atom. The van der Waals surface area contributed by atoms with Gasteiger partial charge in [-0.15, -0.1) is 0 Å². The summed E-state index contributed by atoms with van der Waals surface area (Å²) >= 11 is 5.78. The van der Waals surface area contributed by atoms with Crippen molar-refractivity contribution in [1.82, 2.24) is 6.15 Å². The Labute approximate surface area is 229 Å². The van der Waals surface area contributed by atoms with Crippen molar-refractivity contribution in [3.05, 3.63) is 29.8 Å². The number of phenolic OH excluding ortho intramolecular Hbond substituents is 1. The van der Waals surface area contributed by atoms with Crippen LogP contribution in [-0.4, -0.2) is 15.8 Å². The second kappa shape index (κ2) is 23.0. The largest absolute Gasteiger partial charge is 0.507 e. The molecule has 36 heavy (non-hydrogen) atoms. The number of thiocarbonyl (C=S) groups is 1. The smallest absolute Gasteiger partial charge is 0.195 e. The van der Waals surface area contributed by atoms with Crippen LogP contribution in [0.2, 0.25) is 0 Å². The van der Waals surface area contributed by atoms with Gasteiger partial charge in [-0.1, -0.05) is 129 Å². The molecular weight excluding hydrogens is 462 g/mol. The topological polar surface area (TPSA) is 64.5 Å². The van der Waals surface area contributed by atoms with Crippen LogP contribution in [0, 0.1) is 0 Å². The first kappa shape index (κ1) is 34.9. The van der Waals surface area contributed by atoms with Crippen molar-refractivity contribution in [2.24, 2.45) is 0 Å². The van der Waals surface area contributed by atoms with Crippen LogP contribution in [0.3, 0.4) is 0 Å². The lowest BCUT2D eigenvalue weighted by Gasteiger charge is -2.36. The molecule has 1 rings (SSSR count). The second-order valence-electron chi connectivity index (χ2n) is 10.6. The quantitative estimate of drug-likeness (QED) is 0.111. The highest BCUT2D eigenvalue weighted by Crippen LogP contribution is 2.35. The van der Waals surface area contributed by atoms with E-state index in [9.17, 15) is 5.11 Å². The van der Waals surface area contributed by atoms with E-state index in [0.29, 0.717) is 10.6 Å². The van der Waals surface area contributed by atoms with Gasteiger partial charge in [-0.05, 0) is 62.9 Å². The van der Waals surface area contributed by atoms with Crippen molar-refractivity contribution in [2.75, 3.05) is 0 Å². The minimum Gasteiger partial charge on any atom is -0.507 e. The molecule has 0 heterocycles. The van der Waals surface area contributed by atoms with E-state index in [1.807, 2.05) is 18.2 Å². The van der Waals surface area contributed by atoms with E-state index in [1.165, 1.54) is 116 Å². The molecule has 1 aromatic carbocycles. The minimum atomic E-state index is -0.195. The molecule has 0 unspecified atom stereocenters. The summed E-state index contributed by atoms with van der Waals surface area (Å²) in [5.74, 6) is 0.227. The molecule has 0 aliphatic carbocycles. The van der Waals surface area contributed by atoms with Crippen molar-refractivity contribution < 1.29 is 9.84 Å². The minimum absolute atomic E-state index is 0. The van der Waals surface area contributed by atoms with Crippen molar-refractivity contribution in [3.8, 4) is 5.75 Å². The molecule has 4 heteroatoms. The summed E-state index contributed by atoms with van der Waals surface area (Å²) in [7, 11) is 0. The summed E-state index contributed by atoms with van der Waals surface area (Å²) in [6, 6.07) is 7.38. The number of ether oxygens (including phenoxy) is 1. The zero-order valence-corrected chi connectivity index (χ0v) is 24.9. The Morgan fingerprint density at radius 2 is 1.00 bits per heavy atom. The normalized spacial score (nSPS) is 11.3. The molecule has 0 aliphatic heterocycles. The van der Waals surface area contributed by atoms with Crippen LogP contribution < -0.4 is 6.15 Å². The second-order valence-corrected chi connectivity index (χ2v) is 11.0. The molecule has 0 saturated heterocycles. The Morgan fingerprint density at radius 3 is 1.39 bits per heavy atom. The number of unbranched alkanes of at least 4 members (excludes halogenated alkanes) is 15. The van der Waals surface area contributed by atoms with E-state index in [2.05, 4.69) is 20.8 Å². The maximum absolute atomic E-state index is 10.4. The molecule has 0 bridgehead atoms. The van der Waals surface area contributed by atoms with Crippen LogP contribution in [0.5, 0.6) is 5.75 Å². The first-order valence-corrected chi connectivity index (χ1v) is 15.5. The van der Waals surface area contributed by atoms with E-state index < -0.39 is 0 Å². The summed E-state index contributed by atoms with van der Waals surface area (Å²) in [6.45, 7) is 6.83. The lowest BCUT2D eigenvalue weighted by atomic mass is 9.84. The van der Waals surface area contributed by atoms with Gasteiger partial charge < -0.3 is 16.0 Å². The summed E-state index contributed by atoms with van der Waals surface area (Å²) in [5, 5.41) is 10.9. The van der Waals surface area contributed by atoms with Gasteiger partial charge in [0.05, 0.1) is 5.56 Å². The Balaban J connectivity index is 0.0000122. The highest BCUT2D eigenvalue weighted by atomic mass is 32.1. The predicted molar refractivity (Wildman–Crippen MR) is 163 cm³/mol. The maximum Gasteiger partial charge on any atom is 0.195 e. The fourth-order valence-corrected chi connectivity index (χ4v) is 5.46. The zero-order valence-electron chi connectivity index (χ0n) is 24.1. The molecule has 0 aromatic heterocycles. The molecule has 0 amide bonds. The standard InChI is InChI=1S/C32H56O2S.H3N/c1-4-7-10-13-16-21-26-32(27-22-17-14-11-8-5-2,28-23-18-15-12-9-6-3)34-31(35)29-24-19-20-25-30(29)33;/h19-20,24-25,33H,4-18,21-23,26-28H2,1-3H3;1H3. The fraction of sp³-hybridized carbons (Fsp3) is 0.781. The first-order chi connectivity index (χ1) is 17.1. The Hall–Kier alpha value is -1.13. The highest BCUT2D eigenvalue weighted by Gasteiger charge is 2.32. The number of para-hydroxylation sites is 1. The number of rotatable bonds is 23. The third kappa shape index (κ3) is 15.9.